The molecule has 0 saturated heterocycles. The van der Waals surface area contributed by atoms with Crippen molar-refractivity contribution in [2.75, 3.05) is 17.2 Å². The second-order valence-corrected chi connectivity index (χ2v) is 6.28. The van der Waals surface area contributed by atoms with E-state index in [2.05, 4.69) is 32.7 Å². The van der Waals surface area contributed by atoms with Gasteiger partial charge in [0.15, 0.2) is 0 Å². The summed E-state index contributed by atoms with van der Waals surface area (Å²) in [7, 11) is 0. The number of benzene rings is 2. The van der Waals surface area contributed by atoms with Crippen LogP contribution in [0, 0.1) is 18.6 Å². The number of carbonyl (C=O) groups is 1. The molecule has 7 heteroatoms. The number of nitrogens with one attached hydrogen (secondary N) is 2. The summed E-state index contributed by atoms with van der Waals surface area (Å²) >= 11 is 0. The standard InChI is InChI=1S/C21H20F2N4O/c1-14-25-19(21(28)27-18-10-9-16(22)12-17(18)23)13-20(26-14)24-11-5-8-15-6-3-2-4-7-15/h2-4,6-7,9-10,12-13H,5,8,11H2,1H3,(H,27,28)(H,24,25,26). The molecule has 1 aromatic heterocycles. The van der Waals surface area contributed by atoms with Crippen LogP contribution in [0.2, 0.25) is 0 Å². The number of aryl methyl sites for hydroxylation is 2. The molecule has 5 nitrogen and oxygen atoms in total. The van der Waals surface area contributed by atoms with Crippen LogP contribution in [0.1, 0.15) is 28.3 Å². The Morgan fingerprint density at radius 3 is 2.57 bits per heavy atom. The van der Waals surface area contributed by atoms with E-state index in [-0.39, 0.29) is 11.4 Å². The molecule has 1 amide bonds. The lowest BCUT2D eigenvalue weighted by atomic mass is 10.1. The zero-order chi connectivity index (χ0) is 19.9. The van der Waals surface area contributed by atoms with Crippen LogP contribution in [0.4, 0.5) is 20.3 Å². The number of hydrogen-bond donors (Lipinski definition) is 2. The molecule has 0 bridgehead atoms. The summed E-state index contributed by atoms with van der Waals surface area (Å²) in [6.45, 7) is 2.35. The molecule has 3 aromatic rings. The highest BCUT2D eigenvalue weighted by Gasteiger charge is 2.13. The van der Waals surface area contributed by atoms with Gasteiger partial charge in [-0.05, 0) is 37.5 Å². The van der Waals surface area contributed by atoms with Gasteiger partial charge >= 0.3 is 0 Å². The lowest BCUT2D eigenvalue weighted by Crippen LogP contribution is -2.17. The molecule has 2 N–H and O–H groups in total. The lowest BCUT2D eigenvalue weighted by Gasteiger charge is -2.10. The highest BCUT2D eigenvalue weighted by Crippen LogP contribution is 2.16. The average Bonchev–Trinajstić information content (AvgIpc) is 2.68. The van der Waals surface area contributed by atoms with Gasteiger partial charge in [-0.15, -0.1) is 0 Å². The summed E-state index contributed by atoms with van der Waals surface area (Å²) in [5.74, 6) is -1.22. The minimum absolute atomic E-state index is 0.0989. The van der Waals surface area contributed by atoms with Gasteiger partial charge in [0, 0.05) is 18.7 Å². The lowest BCUT2D eigenvalue weighted by molar-refractivity contribution is 0.102. The van der Waals surface area contributed by atoms with Crippen LogP contribution in [-0.2, 0) is 6.42 Å². The van der Waals surface area contributed by atoms with Crippen molar-refractivity contribution in [2.45, 2.75) is 19.8 Å². The average molecular weight is 382 g/mol. The highest BCUT2D eigenvalue weighted by atomic mass is 19.1. The van der Waals surface area contributed by atoms with E-state index < -0.39 is 17.5 Å². The Bertz CT molecular complexity index is 964. The topological polar surface area (TPSA) is 66.9 Å². The van der Waals surface area contributed by atoms with Gasteiger partial charge in [0.05, 0.1) is 5.69 Å². The molecule has 144 valence electrons. The Morgan fingerprint density at radius 2 is 1.82 bits per heavy atom. The Balaban J connectivity index is 1.61. The smallest absolute Gasteiger partial charge is 0.274 e. The SMILES string of the molecule is Cc1nc(NCCCc2ccccc2)cc(C(=O)Nc2ccc(F)cc2F)n1. The van der Waals surface area contributed by atoms with Crippen molar-refractivity contribution in [3.8, 4) is 0 Å². The van der Waals surface area contributed by atoms with Crippen LogP contribution in [0.3, 0.4) is 0 Å². The Morgan fingerprint density at radius 1 is 1.04 bits per heavy atom. The predicted molar refractivity (Wildman–Crippen MR) is 104 cm³/mol. The highest BCUT2D eigenvalue weighted by molar-refractivity contribution is 6.03. The zero-order valence-electron chi connectivity index (χ0n) is 15.4. The molecule has 28 heavy (non-hydrogen) atoms. The van der Waals surface area contributed by atoms with Crippen molar-refractivity contribution in [3.63, 3.8) is 0 Å². The van der Waals surface area contributed by atoms with Crippen molar-refractivity contribution in [1.29, 1.82) is 0 Å². The molecule has 0 unspecified atom stereocenters. The second-order valence-electron chi connectivity index (χ2n) is 6.28. The van der Waals surface area contributed by atoms with Crippen molar-refractivity contribution >= 4 is 17.4 Å². The molecule has 0 aliphatic heterocycles. The summed E-state index contributed by atoms with van der Waals surface area (Å²) in [4.78, 5) is 20.7. The fourth-order valence-electron chi connectivity index (χ4n) is 2.71. The number of amides is 1. The van der Waals surface area contributed by atoms with Gasteiger partial charge in [0.1, 0.15) is 29.0 Å². The number of anilines is 2. The van der Waals surface area contributed by atoms with E-state index in [9.17, 15) is 13.6 Å². The normalized spacial score (nSPS) is 10.5. The van der Waals surface area contributed by atoms with Gasteiger partial charge in [-0.2, -0.15) is 0 Å². The van der Waals surface area contributed by atoms with Crippen molar-refractivity contribution in [1.82, 2.24) is 9.97 Å². The molecule has 0 saturated carbocycles. The first-order valence-electron chi connectivity index (χ1n) is 8.91. The maximum atomic E-state index is 13.7. The summed E-state index contributed by atoms with van der Waals surface area (Å²) in [5, 5.41) is 5.58. The minimum atomic E-state index is -0.849. The molecule has 2 aromatic carbocycles. The van der Waals surface area contributed by atoms with E-state index in [4.69, 9.17) is 0 Å². The first-order valence-corrected chi connectivity index (χ1v) is 8.91. The quantitative estimate of drug-likeness (QED) is 0.596. The van der Waals surface area contributed by atoms with Gasteiger partial charge in [-0.1, -0.05) is 30.3 Å². The summed E-state index contributed by atoms with van der Waals surface area (Å²) < 4.78 is 26.7. The van der Waals surface area contributed by atoms with Crippen molar-refractivity contribution in [3.05, 3.63) is 83.3 Å². The molecule has 0 aliphatic rings. The third kappa shape index (κ3) is 5.33. The maximum absolute atomic E-state index is 13.7. The largest absolute Gasteiger partial charge is 0.370 e. The van der Waals surface area contributed by atoms with Crippen LogP contribution in [-0.4, -0.2) is 22.4 Å². The number of rotatable bonds is 7. The minimum Gasteiger partial charge on any atom is -0.370 e. The second kappa shape index (κ2) is 9.03. The third-order valence-electron chi connectivity index (χ3n) is 4.04. The molecular formula is C21H20F2N4O. The van der Waals surface area contributed by atoms with Crippen LogP contribution in [0.15, 0.2) is 54.6 Å². The van der Waals surface area contributed by atoms with Gasteiger partial charge in [-0.3, -0.25) is 4.79 Å². The summed E-state index contributed by atoms with van der Waals surface area (Å²) in [6.07, 6.45) is 1.82. The zero-order valence-corrected chi connectivity index (χ0v) is 15.4. The molecule has 1 heterocycles. The van der Waals surface area contributed by atoms with Crippen LogP contribution >= 0.6 is 0 Å². The van der Waals surface area contributed by atoms with Gasteiger partial charge < -0.3 is 10.6 Å². The van der Waals surface area contributed by atoms with Gasteiger partial charge in [-0.25, -0.2) is 18.7 Å². The van der Waals surface area contributed by atoms with E-state index in [1.165, 1.54) is 17.7 Å². The number of hydrogen-bond acceptors (Lipinski definition) is 4. The van der Waals surface area contributed by atoms with Crippen LogP contribution < -0.4 is 10.6 Å². The fourth-order valence-corrected chi connectivity index (χ4v) is 2.71. The predicted octanol–water partition coefficient (Wildman–Crippen LogP) is 4.36. The van der Waals surface area contributed by atoms with E-state index >= 15 is 0 Å². The first-order chi connectivity index (χ1) is 13.5. The van der Waals surface area contributed by atoms with E-state index in [0.29, 0.717) is 24.3 Å². The fraction of sp³-hybridized carbons (Fsp3) is 0.190. The Hall–Kier alpha value is -3.35. The number of aromatic nitrogens is 2. The van der Waals surface area contributed by atoms with E-state index in [0.717, 1.165) is 18.9 Å². The molecule has 0 aliphatic carbocycles. The molecular weight excluding hydrogens is 362 g/mol. The maximum Gasteiger partial charge on any atom is 0.274 e. The van der Waals surface area contributed by atoms with Gasteiger partial charge in [0.2, 0.25) is 0 Å². The summed E-state index contributed by atoms with van der Waals surface area (Å²) in [6, 6.07) is 14.6. The number of carbonyl (C=O) groups excluding carboxylic acids is 1. The summed E-state index contributed by atoms with van der Waals surface area (Å²) in [5.41, 5.74) is 1.24. The molecule has 0 spiro atoms. The third-order valence-corrected chi connectivity index (χ3v) is 4.04. The molecule has 3 rings (SSSR count). The Labute approximate surface area is 161 Å². The molecule has 0 fully saturated rings. The van der Waals surface area contributed by atoms with Crippen molar-refractivity contribution in [2.24, 2.45) is 0 Å². The van der Waals surface area contributed by atoms with E-state index in [1.807, 2.05) is 18.2 Å². The van der Waals surface area contributed by atoms with Gasteiger partial charge in [0.25, 0.3) is 5.91 Å². The monoisotopic (exact) mass is 382 g/mol. The molecule has 0 radical (unpaired) electrons. The number of nitrogens with zero attached hydrogens (tertiary/aromatic N) is 2. The molecule has 0 atom stereocenters. The Kier molecular flexibility index (Phi) is 6.26. The first kappa shape index (κ1) is 19.4. The van der Waals surface area contributed by atoms with E-state index in [1.54, 1.807) is 6.92 Å². The van der Waals surface area contributed by atoms with Crippen LogP contribution in [0.25, 0.3) is 0 Å². The van der Waals surface area contributed by atoms with Crippen LogP contribution in [0.5, 0.6) is 0 Å². The number of halogens is 2. The van der Waals surface area contributed by atoms with Crippen molar-refractivity contribution < 1.29 is 13.6 Å².